The molecular weight excluding hydrogens is 224 g/mol. The SMILES string of the molecule is CC1Oc2ccc(C=C[N+](=O)[O-])cc2NC1=O. The van der Waals surface area contributed by atoms with Gasteiger partial charge in [0.2, 0.25) is 6.20 Å². The maximum atomic E-state index is 11.4. The van der Waals surface area contributed by atoms with Gasteiger partial charge in [-0.25, -0.2) is 0 Å². The first kappa shape index (κ1) is 11.1. The summed E-state index contributed by atoms with van der Waals surface area (Å²) < 4.78 is 5.35. The minimum atomic E-state index is -0.545. The molecule has 0 bridgehead atoms. The molecule has 88 valence electrons. The quantitative estimate of drug-likeness (QED) is 0.623. The number of benzene rings is 1. The molecule has 0 saturated heterocycles. The van der Waals surface area contributed by atoms with E-state index in [-0.39, 0.29) is 5.91 Å². The Morgan fingerprint density at radius 1 is 1.53 bits per heavy atom. The first-order valence-electron chi connectivity index (χ1n) is 4.99. The normalized spacial score (nSPS) is 18.4. The molecule has 1 amide bonds. The number of anilines is 1. The molecule has 1 aliphatic rings. The Morgan fingerprint density at radius 3 is 3.00 bits per heavy atom. The number of nitrogens with zero attached hydrogens (tertiary/aromatic N) is 1. The number of hydrogen-bond donors (Lipinski definition) is 1. The van der Waals surface area contributed by atoms with Crippen molar-refractivity contribution in [3.05, 3.63) is 40.1 Å². The Bertz CT molecular complexity index is 510. The molecule has 1 unspecified atom stereocenters. The molecule has 0 spiro atoms. The highest BCUT2D eigenvalue weighted by Gasteiger charge is 2.23. The van der Waals surface area contributed by atoms with Crippen LogP contribution in [0.15, 0.2) is 24.4 Å². The van der Waals surface area contributed by atoms with Gasteiger partial charge in [0.05, 0.1) is 10.6 Å². The maximum absolute atomic E-state index is 11.4. The summed E-state index contributed by atoms with van der Waals surface area (Å²) in [6.07, 6.45) is 1.67. The second-order valence-electron chi connectivity index (χ2n) is 3.61. The lowest BCUT2D eigenvalue weighted by Crippen LogP contribution is -2.34. The molecule has 0 radical (unpaired) electrons. The summed E-state index contributed by atoms with van der Waals surface area (Å²) in [5.74, 6) is 0.336. The topological polar surface area (TPSA) is 81.5 Å². The van der Waals surface area contributed by atoms with E-state index in [1.807, 2.05) is 0 Å². The minimum absolute atomic E-state index is 0.229. The number of fused-ring (bicyclic) bond motifs is 1. The number of nitro groups is 1. The van der Waals surface area contributed by atoms with Crippen LogP contribution < -0.4 is 10.1 Å². The van der Waals surface area contributed by atoms with Crippen molar-refractivity contribution < 1.29 is 14.5 Å². The van der Waals surface area contributed by atoms with Gasteiger partial charge in [0.1, 0.15) is 5.75 Å². The van der Waals surface area contributed by atoms with Crippen LogP contribution in [0.2, 0.25) is 0 Å². The zero-order valence-corrected chi connectivity index (χ0v) is 9.04. The van der Waals surface area contributed by atoms with Gasteiger partial charge in [-0.3, -0.25) is 14.9 Å². The number of carbonyl (C=O) groups is 1. The average Bonchev–Trinajstić information content (AvgIpc) is 2.28. The number of hydrogen-bond acceptors (Lipinski definition) is 4. The minimum Gasteiger partial charge on any atom is -0.479 e. The lowest BCUT2D eigenvalue weighted by molar-refractivity contribution is -0.400. The molecule has 0 aliphatic carbocycles. The summed E-state index contributed by atoms with van der Waals surface area (Å²) in [6.45, 7) is 1.65. The van der Waals surface area contributed by atoms with Gasteiger partial charge in [-0.1, -0.05) is 6.07 Å². The number of amides is 1. The third kappa shape index (κ3) is 2.41. The maximum Gasteiger partial charge on any atom is 0.265 e. The molecule has 0 aromatic heterocycles. The van der Waals surface area contributed by atoms with Crippen LogP contribution in [0.25, 0.3) is 6.08 Å². The molecule has 1 N–H and O–H groups in total. The van der Waals surface area contributed by atoms with Crippen molar-refractivity contribution in [2.24, 2.45) is 0 Å². The van der Waals surface area contributed by atoms with Crippen LogP contribution in [0.4, 0.5) is 5.69 Å². The molecule has 6 heteroatoms. The number of ether oxygens (including phenoxy) is 1. The van der Waals surface area contributed by atoms with Crippen molar-refractivity contribution in [1.29, 1.82) is 0 Å². The highest BCUT2D eigenvalue weighted by Crippen LogP contribution is 2.30. The number of nitrogens with one attached hydrogen (secondary N) is 1. The lowest BCUT2D eigenvalue weighted by Gasteiger charge is -2.23. The molecule has 1 atom stereocenters. The molecule has 6 nitrogen and oxygen atoms in total. The first-order chi connectivity index (χ1) is 8.06. The third-order valence-corrected chi connectivity index (χ3v) is 2.32. The van der Waals surface area contributed by atoms with E-state index in [0.29, 0.717) is 17.0 Å². The molecule has 1 aliphatic heterocycles. The van der Waals surface area contributed by atoms with Crippen molar-refractivity contribution in [1.82, 2.24) is 0 Å². The second kappa shape index (κ2) is 4.25. The third-order valence-electron chi connectivity index (χ3n) is 2.32. The van der Waals surface area contributed by atoms with Gasteiger partial charge in [-0.2, -0.15) is 0 Å². The van der Waals surface area contributed by atoms with Gasteiger partial charge in [-0.05, 0) is 24.6 Å². The van der Waals surface area contributed by atoms with Gasteiger partial charge >= 0.3 is 0 Å². The predicted octanol–water partition coefficient (Wildman–Crippen LogP) is 1.65. The van der Waals surface area contributed by atoms with E-state index in [4.69, 9.17) is 4.74 Å². The van der Waals surface area contributed by atoms with Crippen molar-refractivity contribution in [3.63, 3.8) is 0 Å². The summed E-state index contributed by atoms with van der Waals surface area (Å²) in [5, 5.41) is 12.9. The molecule has 1 aromatic rings. The van der Waals surface area contributed by atoms with Gasteiger partial charge in [-0.15, -0.1) is 0 Å². The lowest BCUT2D eigenvalue weighted by atomic mass is 10.1. The van der Waals surface area contributed by atoms with Crippen LogP contribution in [0.1, 0.15) is 12.5 Å². The number of carbonyl (C=O) groups excluding carboxylic acids is 1. The van der Waals surface area contributed by atoms with E-state index in [1.165, 1.54) is 6.08 Å². The molecule has 17 heavy (non-hydrogen) atoms. The van der Waals surface area contributed by atoms with Crippen molar-refractivity contribution >= 4 is 17.7 Å². The summed E-state index contributed by atoms with van der Waals surface area (Å²) in [4.78, 5) is 21.0. The predicted molar refractivity (Wildman–Crippen MR) is 61.2 cm³/mol. The van der Waals surface area contributed by atoms with Gasteiger partial charge < -0.3 is 10.1 Å². The van der Waals surface area contributed by atoms with Crippen LogP contribution in [0.3, 0.4) is 0 Å². The van der Waals surface area contributed by atoms with Crippen LogP contribution in [0.5, 0.6) is 5.75 Å². The van der Waals surface area contributed by atoms with Crippen molar-refractivity contribution in [2.75, 3.05) is 5.32 Å². The van der Waals surface area contributed by atoms with Gasteiger partial charge in [0.25, 0.3) is 5.91 Å². The Hall–Kier alpha value is -2.37. The van der Waals surface area contributed by atoms with E-state index >= 15 is 0 Å². The molecule has 0 fully saturated rings. The fourth-order valence-corrected chi connectivity index (χ4v) is 1.48. The monoisotopic (exact) mass is 234 g/mol. The second-order valence-corrected chi connectivity index (χ2v) is 3.61. The number of rotatable bonds is 2. The van der Waals surface area contributed by atoms with E-state index in [0.717, 1.165) is 6.20 Å². The molecule has 1 aromatic carbocycles. The van der Waals surface area contributed by atoms with E-state index in [1.54, 1.807) is 25.1 Å². The summed E-state index contributed by atoms with van der Waals surface area (Å²) in [6, 6.07) is 4.98. The summed E-state index contributed by atoms with van der Waals surface area (Å²) >= 11 is 0. The highest BCUT2D eigenvalue weighted by atomic mass is 16.6. The van der Waals surface area contributed by atoms with E-state index < -0.39 is 11.0 Å². The largest absolute Gasteiger partial charge is 0.479 e. The Morgan fingerprint density at radius 2 is 2.29 bits per heavy atom. The van der Waals surface area contributed by atoms with Crippen LogP contribution >= 0.6 is 0 Å². The molecule has 2 rings (SSSR count). The van der Waals surface area contributed by atoms with Crippen LogP contribution in [-0.2, 0) is 4.79 Å². The Kier molecular flexibility index (Phi) is 2.78. The highest BCUT2D eigenvalue weighted by molar-refractivity contribution is 5.97. The van der Waals surface area contributed by atoms with Crippen LogP contribution in [0, 0.1) is 10.1 Å². The fourth-order valence-electron chi connectivity index (χ4n) is 1.48. The standard InChI is InChI=1S/C11H10N2O4/c1-7-11(14)12-9-6-8(4-5-13(15)16)2-3-10(9)17-7/h2-7H,1H3,(H,12,14). The zero-order chi connectivity index (χ0) is 12.4. The van der Waals surface area contributed by atoms with Gasteiger partial charge in [0.15, 0.2) is 6.10 Å². The molecule has 1 heterocycles. The van der Waals surface area contributed by atoms with Crippen molar-refractivity contribution in [3.8, 4) is 5.75 Å². The average molecular weight is 234 g/mol. The molecule has 0 saturated carbocycles. The summed E-state index contributed by atoms with van der Waals surface area (Å²) in [5.41, 5.74) is 1.15. The van der Waals surface area contributed by atoms with Crippen LogP contribution in [-0.4, -0.2) is 16.9 Å². The Balaban J connectivity index is 2.28. The smallest absolute Gasteiger partial charge is 0.265 e. The Labute approximate surface area is 97.0 Å². The van der Waals surface area contributed by atoms with E-state index in [2.05, 4.69) is 5.32 Å². The van der Waals surface area contributed by atoms with Gasteiger partial charge in [0, 0.05) is 6.08 Å². The molecular formula is C11H10N2O4. The summed E-state index contributed by atoms with van der Waals surface area (Å²) in [7, 11) is 0. The fraction of sp³-hybridized carbons (Fsp3) is 0.182. The van der Waals surface area contributed by atoms with E-state index in [9.17, 15) is 14.9 Å². The zero-order valence-electron chi connectivity index (χ0n) is 9.04. The first-order valence-corrected chi connectivity index (χ1v) is 4.99. The van der Waals surface area contributed by atoms with Crippen molar-refractivity contribution in [2.45, 2.75) is 13.0 Å².